The minimum absolute atomic E-state index is 0.215. The molecule has 3 heteroatoms. The average Bonchev–Trinajstić information content (AvgIpc) is 1.93. The maximum Gasteiger partial charge on any atom is 0.142 e. The van der Waals surface area contributed by atoms with E-state index >= 15 is 0 Å². The van der Waals surface area contributed by atoms with Gasteiger partial charge in [-0.05, 0) is 23.9 Å². The second-order valence-corrected chi connectivity index (χ2v) is 3.08. The lowest BCUT2D eigenvalue weighted by Crippen LogP contribution is -1.98. The van der Waals surface area contributed by atoms with Crippen molar-refractivity contribution in [1.82, 2.24) is 0 Å². The van der Waals surface area contributed by atoms with Crippen LogP contribution in [-0.2, 0) is 0 Å². The Labute approximate surface area is 66.6 Å². The van der Waals surface area contributed by atoms with E-state index in [1.54, 1.807) is 13.0 Å². The molecule has 0 heterocycles. The molecular weight excluding hydrogens is 170 g/mol. The highest BCUT2D eigenvalue weighted by molar-refractivity contribution is 7.27. The van der Waals surface area contributed by atoms with Crippen molar-refractivity contribution in [2.75, 3.05) is 0 Å². The minimum atomic E-state index is -0.356. The maximum absolute atomic E-state index is 12.6. The molecule has 0 nitrogen and oxygen atoms in total. The van der Waals surface area contributed by atoms with E-state index in [1.165, 1.54) is 6.07 Å². The zero-order valence-corrected chi connectivity index (χ0v) is 7.40. The Morgan fingerprint density at radius 3 is 2.60 bits per heavy atom. The van der Waals surface area contributed by atoms with Gasteiger partial charge in [-0.3, -0.25) is 0 Å². The molecule has 1 rings (SSSR count). The van der Waals surface area contributed by atoms with Crippen LogP contribution in [-0.4, -0.2) is 0 Å². The van der Waals surface area contributed by atoms with Crippen LogP contribution in [0.25, 0.3) is 0 Å². The number of hydrogen-bond donors (Lipinski definition) is 0. The molecule has 0 saturated carbocycles. The Morgan fingerprint density at radius 1 is 1.50 bits per heavy atom. The van der Waals surface area contributed by atoms with Gasteiger partial charge in [0.05, 0.1) is 5.02 Å². The molecule has 54 valence electrons. The molecule has 0 spiro atoms. The lowest BCUT2D eigenvalue weighted by atomic mass is 10.2. The first-order valence-corrected chi connectivity index (χ1v) is 3.78. The van der Waals surface area contributed by atoms with Crippen LogP contribution < -0.4 is 5.30 Å². The van der Waals surface area contributed by atoms with Crippen molar-refractivity contribution < 1.29 is 4.39 Å². The van der Waals surface area contributed by atoms with Crippen LogP contribution in [0, 0.1) is 12.7 Å². The first kappa shape index (κ1) is 7.97. The summed E-state index contributed by atoms with van der Waals surface area (Å²) in [6.07, 6.45) is 0. The molecule has 1 aromatic carbocycles. The van der Waals surface area contributed by atoms with Crippen molar-refractivity contribution in [3.05, 3.63) is 28.5 Å². The van der Waals surface area contributed by atoms with Crippen LogP contribution in [0.15, 0.2) is 12.1 Å². The summed E-state index contributed by atoms with van der Waals surface area (Å²) in [6, 6.07) is 3.04. The van der Waals surface area contributed by atoms with Gasteiger partial charge in [0.15, 0.2) is 0 Å². The number of benzene rings is 1. The number of hydrogen-bond acceptors (Lipinski definition) is 0. The highest BCUT2D eigenvalue weighted by Crippen LogP contribution is 2.17. The fraction of sp³-hybridized carbons (Fsp3) is 0.143. The SMILES string of the molecule is Cc1c(P)ccc(F)c1Cl. The molecule has 1 aromatic rings. The summed E-state index contributed by atoms with van der Waals surface area (Å²) in [5.41, 5.74) is 0.784. The Balaban J connectivity index is 3.34. The molecular formula is C7H7ClFP. The molecule has 0 bridgehead atoms. The molecule has 0 fully saturated rings. The summed E-state index contributed by atoms with van der Waals surface area (Å²) >= 11 is 5.59. The fourth-order valence-electron chi connectivity index (χ4n) is 0.667. The maximum atomic E-state index is 12.6. The van der Waals surface area contributed by atoms with Gasteiger partial charge in [-0.15, -0.1) is 9.24 Å². The summed E-state index contributed by atoms with van der Waals surface area (Å²) in [5.74, 6) is -0.356. The largest absolute Gasteiger partial charge is 0.205 e. The molecule has 0 aliphatic carbocycles. The molecule has 0 radical (unpaired) electrons. The lowest BCUT2D eigenvalue weighted by Gasteiger charge is -2.01. The predicted molar refractivity (Wildman–Crippen MR) is 45.5 cm³/mol. The van der Waals surface area contributed by atoms with Gasteiger partial charge in [-0.1, -0.05) is 17.7 Å². The molecule has 0 saturated heterocycles. The quantitative estimate of drug-likeness (QED) is 0.532. The molecule has 1 unspecified atom stereocenters. The average molecular weight is 177 g/mol. The van der Waals surface area contributed by atoms with Crippen molar-refractivity contribution in [2.24, 2.45) is 0 Å². The number of rotatable bonds is 0. The van der Waals surface area contributed by atoms with Gasteiger partial charge in [0, 0.05) is 0 Å². The summed E-state index contributed by atoms with van der Waals surface area (Å²) in [4.78, 5) is 0. The zero-order valence-electron chi connectivity index (χ0n) is 5.49. The highest BCUT2D eigenvalue weighted by Gasteiger charge is 2.03. The Kier molecular flexibility index (Phi) is 2.28. The molecule has 1 atom stereocenters. The fourth-order valence-corrected chi connectivity index (χ4v) is 1.17. The van der Waals surface area contributed by atoms with E-state index in [9.17, 15) is 4.39 Å². The van der Waals surface area contributed by atoms with E-state index in [1.807, 2.05) is 0 Å². The molecule has 0 aliphatic heterocycles. The number of halogens is 2. The Hall–Kier alpha value is -0.130. The van der Waals surface area contributed by atoms with E-state index in [-0.39, 0.29) is 10.8 Å². The molecule has 0 amide bonds. The Bertz CT molecular complexity index is 233. The van der Waals surface area contributed by atoms with Gasteiger partial charge >= 0.3 is 0 Å². The van der Waals surface area contributed by atoms with Crippen LogP contribution in [0.2, 0.25) is 5.02 Å². The zero-order chi connectivity index (χ0) is 7.72. The second kappa shape index (κ2) is 2.86. The second-order valence-electron chi connectivity index (χ2n) is 2.08. The first-order chi connectivity index (χ1) is 4.63. The van der Waals surface area contributed by atoms with Gasteiger partial charge in [0.25, 0.3) is 0 Å². The molecule has 0 N–H and O–H groups in total. The van der Waals surface area contributed by atoms with E-state index in [0.717, 1.165) is 10.9 Å². The van der Waals surface area contributed by atoms with Crippen LogP contribution in [0.3, 0.4) is 0 Å². The van der Waals surface area contributed by atoms with Crippen LogP contribution in [0.4, 0.5) is 4.39 Å². The van der Waals surface area contributed by atoms with Crippen molar-refractivity contribution in [3.8, 4) is 0 Å². The van der Waals surface area contributed by atoms with E-state index in [0.29, 0.717) is 0 Å². The smallest absolute Gasteiger partial charge is 0.142 e. The van der Waals surface area contributed by atoms with E-state index < -0.39 is 0 Å². The van der Waals surface area contributed by atoms with Crippen molar-refractivity contribution >= 4 is 26.1 Å². The highest BCUT2D eigenvalue weighted by atomic mass is 35.5. The van der Waals surface area contributed by atoms with Gasteiger partial charge in [-0.25, -0.2) is 4.39 Å². The minimum Gasteiger partial charge on any atom is -0.205 e. The monoisotopic (exact) mass is 176 g/mol. The standard InChI is InChI=1S/C7H7ClFP/c1-4-6(10)3-2-5(9)7(4)8/h2-3H,10H2,1H3. The van der Waals surface area contributed by atoms with Crippen molar-refractivity contribution in [3.63, 3.8) is 0 Å². The van der Waals surface area contributed by atoms with Crippen molar-refractivity contribution in [2.45, 2.75) is 6.92 Å². The third kappa shape index (κ3) is 1.31. The third-order valence-electron chi connectivity index (χ3n) is 1.38. The first-order valence-electron chi connectivity index (χ1n) is 2.83. The Morgan fingerprint density at radius 2 is 2.10 bits per heavy atom. The predicted octanol–water partition coefficient (Wildman–Crippen LogP) is 2.29. The summed E-state index contributed by atoms with van der Waals surface area (Å²) in [7, 11) is 2.49. The summed E-state index contributed by atoms with van der Waals surface area (Å²) in [6.45, 7) is 1.79. The van der Waals surface area contributed by atoms with Gasteiger partial charge in [-0.2, -0.15) is 0 Å². The van der Waals surface area contributed by atoms with Gasteiger partial charge < -0.3 is 0 Å². The summed E-state index contributed by atoms with van der Waals surface area (Å²) < 4.78 is 12.6. The molecule has 0 aromatic heterocycles. The normalized spacial score (nSPS) is 10.0. The van der Waals surface area contributed by atoms with E-state index in [2.05, 4.69) is 9.24 Å². The third-order valence-corrected chi connectivity index (χ3v) is 2.47. The lowest BCUT2D eigenvalue weighted by molar-refractivity contribution is 0.627. The van der Waals surface area contributed by atoms with Gasteiger partial charge in [0.2, 0.25) is 0 Å². The summed E-state index contributed by atoms with van der Waals surface area (Å²) in [5, 5.41) is 1.15. The van der Waals surface area contributed by atoms with Crippen LogP contribution in [0.1, 0.15) is 5.56 Å². The van der Waals surface area contributed by atoms with Crippen LogP contribution in [0.5, 0.6) is 0 Å². The van der Waals surface area contributed by atoms with E-state index in [4.69, 9.17) is 11.6 Å². The van der Waals surface area contributed by atoms with Gasteiger partial charge in [0.1, 0.15) is 5.82 Å². The topological polar surface area (TPSA) is 0 Å². The van der Waals surface area contributed by atoms with Crippen molar-refractivity contribution in [1.29, 1.82) is 0 Å². The van der Waals surface area contributed by atoms with Crippen LogP contribution >= 0.6 is 20.8 Å². The molecule has 0 aliphatic rings. The molecule has 10 heavy (non-hydrogen) atoms.